The van der Waals surface area contributed by atoms with Crippen molar-refractivity contribution >= 4 is 17.5 Å². The molecular formula is C19H22ClNO3. The Balaban J connectivity index is 1.98. The van der Waals surface area contributed by atoms with Crippen LogP contribution in [0.5, 0.6) is 5.75 Å². The molecule has 1 amide bonds. The quantitative estimate of drug-likeness (QED) is 0.829. The van der Waals surface area contributed by atoms with E-state index in [1.807, 2.05) is 55.5 Å². The Hall–Kier alpha value is -2.04. The predicted octanol–water partition coefficient (Wildman–Crippen LogP) is 3.79. The highest BCUT2D eigenvalue weighted by Gasteiger charge is 2.28. The van der Waals surface area contributed by atoms with Crippen LogP contribution in [-0.2, 0) is 15.1 Å². The Kier molecular flexibility index (Phi) is 6.23. The van der Waals surface area contributed by atoms with Crippen molar-refractivity contribution in [2.75, 3.05) is 13.7 Å². The van der Waals surface area contributed by atoms with Gasteiger partial charge >= 0.3 is 0 Å². The van der Waals surface area contributed by atoms with Gasteiger partial charge in [0.1, 0.15) is 11.4 Å². The number of para-hydroxylation sites is 1. The molecule has 2 unspecified atom stereocenters. The average Bonchev–Trinajstić information content (AvgIpc) is 2.60. The Morgan fingerprint density at radius 2 is 1.92 bits per heavy atom. The molecule has 0 fully saturated rings. The van der Waals surface area contributed by atoms with Crippen molar-refractivity contribution in [1.82, 2.24) is 5.32 Å². The second kappa shape index (κ2) is 8.18. The predicted molar refractivity (Wildman–Crippen MR) is 95.4 cm³/mol. The van der Waals surface area contributed by atoms with Crippen LogP contribution in [0.15, 0.2) is 54.6 Å². The van der Waals surface area contributed by atoms with Gasteiger partial charge in [-0.2, -0.15) is 0 Å². The number of amides is 1. The lowest BCUT2D eigenvalue weighted by atomic mass is 9.95. The van der Waals surface area contributed by atoms with Gasteiger partial charge in [0.2, 0.25) is 0 Å². The van der Waals surface area contributed by atoms with Crippen molar-refractivity contribution in [3.8, 4) is 5.75 Å². The van der Waals surface area contributed by atoms with E-state index in [-0.39, 0.29) is 5.91 Å². The molecule has 2 rings (SSSR count). The van der Waals surface area contributed by atoms with Crippen LogP contribution >= 0.6 is 11.6 Å². The van der Waals surface area contributed by atoms with Crippen molar-refractivity contribution < 1.29 is 14.3 Å². The van der Waals surface area contributed by atoms with Crippen LogP contribution in [0, 0.1) is 0 Å². The lowest BCUT2D eigenvalue weighted by molar-refractivity contribution is -0.128. The summed E-state index contributed by atoms with van der Waals surface area (Å²) in [6.07, 6.45) is -0.604. The van der Waals surface area contributed by atoms with Gasteiger partial charge in [-0.3, -0.25) is 4.79 Å². The molecule has 2 atom stereocenters. The average molecular weight is 348 g/mol. The standard InChI is InChI=1S/C19H22ClNO3/c1-14(24-17-10-5-4-6-11-17)18(22)21-13-19(2,23-3)15-8-7-9-16(20)12-15/h4-12,14H,13H2,1-3H3,(H,21,22). The minimum Gasteiger partial charge on any atom is -0.481 e. The first kappa shape index (κ1) is 18.3. The third kappa shape index (κ3) is 4.73. The zero-order chi connectivity index (χ0) is 17.6. The SMILES string of the molecule is COC(C)(CNC(=O)C(C)Oc1ccccc1)c1cccc(Cl)c1. The molecule has 0 aliphatic heterocycles. The van der Waals surface area contributed by atoms with Gasteiger partial charge in [-0.1, -0.05) is 41.9 Å². The molecule has 0 aromatic heterocycles. The van der Waals surface area contributed by atoms with Gasteiger partial charge in [0.25, 0.3) is 5.91 Å². The molecule has 0 radical (unpaired) electrons. The van der Waals surface area contributed by atoms with E-state index in [1.165, 1.54) is 0 Å². The fourth-order valence-electron chi connectivity index (χ4n) is 2.27. The molecule has 0 saturated heterocycles. The number of benzene rings is 2. The van der Waals surface area contributed by atoms with E-state index in [9.17, 15) is 4.79 Å². The first-order chi connectivity index (χ1) is 11.4. The fourth-order valence-corrected chi connectivity index (χ4v) is 2.46. The molecule has 0 bridgehead atoms. The molecule has 0 aliphatic rings. The van der Waals surface area contributed by atoms with E-state index < -0.39 is 11.7 Å². The molecule has 5 heteroatoms. The summed E-state index contributed by atoms with van der Waals surface area (Å²) in [5, 5.41) is 3.51. The van der Waals surface area contributed by atoms with Crippen molar-refractivity contribution in [3.63, 3.8) is 0 Å². The number of methoxy groups -OCH3 is 1. The van der Waals surface area contributed by atoms with Crippen LogP contribution < -0.4 is 10.1 Å². The lowest BCUT2D eigenvalue weighted by Crippen LogP contribution is -2.44. The summed E-state index contributed by atoms with van der Waals surface area (Å²) in [6, 6.07) is 16.7. The van der Waals surface area contributed by atoms with Crippen molar-refractivity contribution in [2.24, 2.45) is 0 Å². The van der Waals surface area contributed by atoms with Crippen LogP contribution in [0.25, 0.3) is 0 Å². The van der Waals surface area contributed by atoms with Gasteiger partial charge in [-0.15, -0.1) is 0 Å². The highest BCUT2D eigenvalue weighted by atomic mass is 35.5. The third-order valence-electron chi connectivity index (χ3n) is 3.91. The van der Waals surface area contributed by atoms with Gasteiger partial charge in [0, 0.05) is 12.1 Å². The van der Waals surface area contributed by atoms with Crippen molar-refractivity contribution in [3.05, 3.63) is 65.2 Å². The van der Waals surface area contributed by atoms with Crippen LogP contribution in [0.1, 0.15) is 19.4 Å². The molecular weight excluding hydrogens is 326 g/mol. The van der Waals surface area contributed by atoms with Gasteiger partial charge < -0.3 is 14.8 Å². The summed E-state index contributed by atoms with van der Waals surface area (Å²) in [5.74, 6) is 0.452. The molecule has 0 spiro atoms. The van der Waals surface area contributed by atoms with Gasteiger partial charge in [-0.25, -0.2) is 0 Å². The number of carbonyl (C=O) groups excluding carboxylic acids is 1. The molecule has 0 saturated carbocycles. The van der Waals surface area contributed by atoms with E-state index in [2.05, 4.69) is 5.32 Å². The van der Waals surface area contributed by atoms with E-state index in [4.69, 9.17) is 21.1 Å². The minimum absolute atomic E-state index is 0.204. The van der Waals surface area contributed by atoms with Gasteiger partial charge in [0.15, 0.2) is 6.10 Å². The van der Waals surface area contributed by atoms with Crippen LogP contribution in [0.2, 0.25) is 5.02 Å². The normalized spacial score (nSPS) is 14.5. The first-order valence-electron chi connectivity index (χ1n) is 7.75. The number of hydrogen-bond acceptors (Lipinski definition) is 3. The molecule has 128 valence electrons. The summed E-state index contributed by atoms with van der Waals surface area (Å²) in [5.41, 5.74) is 0.224. The zero-order valence-corrected chi connectivity index (χ0v) is 14.8. The van der Waals surface area contributed by atoms with E-state index in [1.54, 1.807) is 20.1 Å². The monoisotopic (exact) mass is 347 g/mol. The molecule has 0 heterocycles. The highest BCUT2D eigenvalue weighted by Crippen LogP contribution is 2.26. The molecule has 0 aliphatic carbocycles. The van der Waals surface area contributed by atoms with Gasteiger partial charge in [-0.05, 0) is 43.7 Å². The molecule has 24 heavy (non-hydrogen) atoms. The Morgan fingerprint density at radius 1 is 1.21 bits per heavy atom. The van der Waals surface area contributed by atoms with Crippen molar-refractivity contribution in [1.29, 1.82) is 0 Å². The highest BCUT2D eigenvalue weighted by molar-refractivity contribution is 6.30. The Morgan fingerprint density at radius 3 is 2.54 bits per heavy atom. The topological polar surface area (TPSA) is 47.6 Å². The fraction of sp³-hybridized carbons (Fsp3) is 0.316. The van der Waals surface area contributed by atoms with Gasteiger partial charge in [0.05, 0.1) is 6.54 Å². The minimum atomic E-state index is -0.674. The molecule has 4 nitrogen and oxygen atoms in total. The largest absolute Gasteiger partial charge is 0.481 e. The number of nitrogens with one attached hydrogen (secondary N) is 1. The first-order valence-corrected chi connectivity index (χ1v) is 8.13. The van der Waals surface area contributed by atoms with Crippen LogP contribution in [0.3, 0.4) is 0 Å². The molecule has 2 aromatic carbocycles. The van der Waals surface area contributed by atoms with E-state index >= 15 is 0 Å². The smallest absolute Gasteiger partial charge is 0.260 e. The maximum Gasteiger partial charge on any atom is 0.260 e. The number of carbonyl (C=O) groups is 1. The summed E-state index contributed by atoms with van der Waals surface area (Å²) >= 11 is 6.05. The summed E-state index contributed by atoms with van der Waals surface area (Å²) in [4.78, 5) is 12.3. The molecule has 2 aromatic rings. The number of halogens is 1. The second-order valence-corrected chi connectivity index (χ2v) is 6.17. The second-order valence-electron chi connectivity index (χ2n) is 5.74. The maximum absolute atomic E-state index is 12.3. The number of ether oxygens (including phenoxy) is 2. The summed E-state index contributed by atoms with van der Waals surface area (Å²) < 4.78 is 11.2. The third-order valence-corrected chi connectivity index (χ3v) is 4.15. The van der Waals surface area contributed by atoms with E-state index in [0.29, 0.717) is 17.3 Å². The lowest BCUT2D eigenvalue weighted by Gasteiger charge is -2.29. The summed E-state index contributed by atoms with van der Waals surface area (Å²) in [7, 11) is 1.61. The Bertz CT molecular complexity index is 677. The molecule has 1 N–H and O–H groups in total. The Labute approximate surface area is 147 Å². The number of hydrogen-bond donors (Lipinski definition) is 1. The summed E-state index contributed by atoms with van der Waals surface area (Å²) in [6.45, 7) is 3.93. The van der Waals surface area contributed by atoms with Crippen LogP contribution in [-0.4, -0.2) is 25.7 Å². The zero-order valence-electron chi connectivity index (χ0n) is 14.1. The van der Waals surface area contributed by atoms with E-state index in [0.717, 1.165) is 5.56 Å². The van der Waals surface area contributed by atoms with Crippen molar-refractivity contribution in [2.45, 2.75) is 25.6 Å². The number of rotatable bonds is 7. The van der Waals surface area contributed by atoms with Crippen LogP contribution in [0.4, 0.5) is 0 Å². The maximum atomic E-state index is 12.3.